The van der Waals surface area contributed by atoms with E-state index in [1.54, 1.807) is 19.1 Å². The van der Waals surface area contributed by atoms with Gasteiger partial charge >= 0.3 is 0 Å². The maximum absolute atomic E-state index is 12.9. The Morgan fingerprint density at radius 1 is 1.00 bits per heavy atom. The van der Waals surface area contributed by atoms with Gasteiger partial charge in [-0.15, -0.1) is 0 Å². The quantitative estimate of drug-likeness (QED) is 0.709. The molecule has 27 heavy (non-hydrogen) atoms. The maximum Gasteiger partial charge on any atom is 0.264 e. The van der Waals surface area contributed by atoms with Crippen LogP contribution in [0.5, 0.6) is 0 Å². The van der Waals surface area contributed by atoms with Gasteiger partial charge < -0.3 is 0 Å². The monoisotopic (exact) mass is 383 g/mol. The topological polar surface area (TPSA) is 91.9 Å². The van der Waals surface area contributed by atoms with Gasteiger partial charge in [0.25, 0.3) is 5.56 Å². The average molecular weight is 383 g/mol. The lowest BCUT2D eigenvalue weighted by Crippen LogP contribution is -2.24. The van der Waals surface area contributed by atoms with E-state index < -0.39 is 10.0 Å². The van der Waals surface area contributed by atoms with Crippen molar-refractivity contribution in [1.82, 2.24) is 14.9 Å². The first-order valence-corrected chi connectivity index (χ1v) is 9.97. The van der Waals surface area contributed by atoms with Crippen LogP contribution in [0.15, 0.2) is 58.2 Å². The minimum absolute atomic E-state index is 0.206. The van der Waals surface area contributed by atoms with Crippen LogP contribution >= 0.6 is 0 Å². The van der Waals surface area contributed by atoms with Crippen LogP contribution < -0.4 is 10.3 Å². The Kier molecular flexibility index (Phi) is 5.25. The standard InChI is InChI=1S/C20H21N3O3S/c1-13-4-6-16(7-5-13)12-21-27(25,26)19-11-17(10-14(2)15(19)3)18-8-9-20(24)23-22-18/h4-11,21H,12H2,1-3H3,(H,23,24). The summed E-state index contributed by atoms with van der Waals surface area (Å²) in [7, 11) is -3.71. The van der Waals surface area contributed by atoms with Crippen molar-refractivity contribution in [1.29, 1.82) is 0 Å². The molecule has 0 aliphatic carbocycles. The lowest BCUT2D eigenvalue weighted by Gasteiger charge is -2.13. The van der Waals surface area contributed by atoms with Crippen LogP contribution in [-0.2, 0) is 16.6 Å². The predicted octanol–water partition coefficient (Wildman–Crippen LogP) is 2.84. The summed E-state index contributed by atoms with van der Waals surface area (Å²) in [4.78, 5) is 11.4. The van der Waals surface area contributed by atoms with Gasteiger partial charge in [-0.25, -0.2) is 18.2 Å². The van der Waals surface area contributed by atoms with E-state index in [0.717, 1.165) is 16.7 Å². The molecule has 0 saturated heterocycles. The van der Waals surface area contributed by atoms with Crippen molar-refractivity contribution in [3.63, 3.8) is 0 Å². The molecule has 140 valence electrons. The zero-order valence-corrected chi connectivity index (χ0v) is 16.2. The summed E-state index contributed by atoms with van der Waals surface area (Å²) < 4.78 is 28.4. The molecular weight excluding hydrogens is 362 g/mol. The first-order valence-electron chi connectivity index (χ1n) is 8.49. The summed E-state index contributed by atoms with van der Waals surface area (Å²) in [6, 6.07) is 14.1. The summed E-state index contributed by atoms with van der Waals surface area (Å²) in [5.74, 6) is 0. The van der Waals surface area contributed by atoms with E-state index in [9.17, 15) is 13.2 Å². The summed E-state index contributed by atoms with van der Waals surface area (Å²) in [6.07, 6.45) is 0. The average Bonchev–Trinajstić information content (AvgIpc) is 2.64. The van der Waals surface area contributed by atoms with Crippen molar-refractivity contribution in [3.8, 4) is 11.3 Å². The Bertz CT molecular complexity index is 1110. The van der Waals surface area contributed by atoms with Crippen LogP contribution in [0.2, 0.25) is 0 Å². The SMILES string of the molecule is Cc1ccc(CNS(=O)(=O)c2cc(-c3ccc(=O)[nH]n3)cc(C)c2C)cc1. The molecule has 6 nitrogen and oxygen atoms in total. The Hall–Kier alpha value is -2.77. The van der Waals surface area contributed by atoms with E-state index in [1.165, 1.54) is 6.07 Å². The van der Waals surface area contributed by atoms with E-state index in [1.807, 2.05) is 44.2 Å². The molecular formula is C20H21N3O3S. The van der Waals surface area contributed by atoms with Crippen molar-refractivity contribution in [2.45, 2.75) is 32.2 Å². The number of sulfonamides is 1. The highest BCUT2D eigenvalue weighted by Crippen LogP contribution is 2.26. The minimum Gasteiger partial charge on any atom is -0.268 e. The molecule has 2 aromatic carbocycles. The lowest BCUT2D eigenvalue weighted by atomic mass is 10.0. The number of aromatic amines is 1. The molecule has 0 saturated carbocycles. The molecule has 3 aromatic rings. The Balaban J connectivity index is 1.95. The first kappa shape index (κ1) is 19.0. The molecule has 1 heterocycles. The number of rotatable bonds is 5. The van der Waals surface area contributed by atoms with Crippen LogP contribution in [0, 0.1) is 20.8 Å². The smallest absolute Gasteiger partial charge is 0.264 e. The van der Waals surface area contributed by atoms with Crippen LogP contribution in [0.4, 0.5) is 0 Å². The maximum atomic E-state index is 12.9. The molecule has 0 aliphatic rings. The fourth-order valence-corrected chi connectivity index (χ4v) is 4.08. The molecule has 3 rings (SSSR count). The van der Waals surface area contributed by atoms with Crippen LogP contribution in [0.3, 0.4) is 0 Å². The molecule has 0 spiro atoms. The number of H-pyrrole nitrogens is 1. The van der Waals surface area contributed by atoms with Gasteiger partial charge in [0.15, 0.2) is 0 Å². The fraction of sp³-hybridized carbons (Fsp3) is 0.200. The van der Waals surface area contributed by atoms with E-state index in [4.69, 9.17) is 0 Å². The molecule has 1 aromatic heterocycles. The van der Waals surface area contributed by atoms with Crippen molar-refractivity contribution < 1.29 is 8.42 Å². The third kappa shape index (κ3) is 4.32. The first-order chi connectivity index (χ1) is 12.8. The van der Waals surface area contributed by atoms with Crippen molar-refractivity contribution in [2.75, 3.05) is 0 Å². The number of nitrogens with zero attached hydrogens (tertiary/aromatic N) is 1. The highest BCUT2D eigenvalue weighted by molar-refractivity contribution is 7.89. The van der Waals surface area contributed by atoms with Gasteiger partial charge in [0.05, 0.1) is 10.6 Å². The number of aromatic nitrogens is 2. The summed E-state index contributed by atoms with van der Waals surface area (Å²) in [5, 5.41) is 6.36. The number of hydrogen-bond donors (Lipinski definition) is 2. The number of nitrogens with one attached hydrogen (secondary N) is 2. The summed E-state index contributed by atoms with van der Waals surface area (Å²) >= 11 is 0. The highest BCUT2D eigenvalue weighted by atomic mass is 32.2. The fourth-order valence-electron chi connectivity index (χ4n) is 2.72. The van der Waals surface area contributed by atoms with Gasteiger partial charge in [0.2, 0.25) is 10.0 Å². The molecule has 0 fully saturated rings. The summed E-state index contributed by atoms with van der Waals surface area (Å²) in [6.45, 7) is 5.82. The van der Waals surface area contributed by atoms with Crippen molar-refractivity contribution >= 4 is 10.0 Å². The second-order valence-electron chi connectivity index (χ2n) is 6.53. The zero-order valence-electron chi connectivity index (χ0n) is 15.4. The highest BCUT2D eigenvalue weighted by Gasteiger charge is 2.19. The largest absolute Gasteiger partial charge is 0.268 e. The van der Waals surface area contributed by atoms with Crippen LogP contribution in [-0.4, -0.2) is 18.6 Å². The number of hydrogen-bond acceptors (Lipinski definition) is 4. The molecule has 0 bridgehead atoms. The van der Waals surface area contributed by atoms with Gasteiger partial charge in [-0.05, 0) is 55.7 Å². The van der Waals surface area contributed by atoms with Crippen LogP contribution in [0.25, 0.3) is 11.3 Å². The second-order valence-corrected chi connectivity index (χ2v) is 8.27. The Morgan fingerprint density at radius 3 is 2.33 bits per heavy atom. The molecule has 0 unspecified atom stereocenters. The zero-order chi connectivity index (χ0) is 19.6. The number of benzene rings is 2. The van der Waals surface area contributed by atoms with Crippen molar-refractivity contribution in [2.24, 2.45) is 0 Å². The Labute approximate surface area is 158 Å². The van der Waals surface area contributed by atoms with Gasteiger partial charge in [-0.3, -0.25) is 4.79 Å². The second kappa shape index (κ2) is 7.46. The molecule has 7 heteroatoms. The minimum atomic E-state index is -3.71. The normalized spacial score (nSPS) is 11.5. The van der Waals surface area contributed by atoms with E-state index in [0.29, 0.717) is 16.8 Å². The third-order valence-electron chi connectivity index (χ3n) is 4.47. The van der Waals surface area contributed by atoms with Gasteiger partial charge in [-0.2, -0.15) is 5.10 Å². The van der Waals surface area contributed by atoms with Crippen molar-refractivity contribution in [3.05, 3.63) is 81.1 Å². The number of aryl methyl sites for hydroxylation is 2. The van der Waals surface area contributed by atoms with E-state index in [2.05, 4.69) is 14.9 Å². The van der Waals surface area contributed by atoms with E-state index >= 15 is 0 Å². The van der Waals surface area contributed by atoms with Gasteiger partial charge in [0.1, 0.15) is 0 Å². The third-order valence-corrected chi connectivity index (χ3v) is 6.00. The van der Waals surface area contributed by atoms with E-state index in [-0.39, 0.29) is 17.0 Å². The predicted molar refractivity (Wildman–Crippen MR) is 105 cm³/mol. The van der Waals surface area contributed by atoms with Gasteiger partial charge in [-0.1, -0.05) is 29.8 Å². The molecule has 0 amide bonds. The lowest BCUT2D eigenvalue weighted by molar-refractivity contribution is 0.580. The van der Waals surface area contributed by atoms with Crippen LogP contribution in [0.1, 0.15) is 22.3 Å². The molecule has 0 radical (unpaired) electrons. The summed E-state index contributed by atoms with van der Waals surface area (Å²) in [5.41, 5.74) is 4.34. The molecule has 0 aliphatic heterocycles. The Morgan fingerprint density at radius 2 is 1.70 bits per heavy atom. The molecule has 2 N–H and O–H groups in total. The van der Waals surface area contributed by atoms with Gasteiger partial charge in [0, 0.05) is 18.2 Å². The molecule has 0 atom stereocenters.